The zero-order valence-electron chi connectivity index (χ0n) is 17.8. The van der Waals surface area contributed by atoms with Gasteiger partial charge in [-0.2, -0.15) is 0 Å². The lowest BCUT2D eigenvalue weighted by atomic mass is 9.98. The highest BCUT2D eigenvalue weighted by molar-refractivity contribution is 5.92. The average Bonchev–Trinajstić information content (AvgIpc) is 2.78. The number of hydrogen-bond donors (Lipinski definition) is 1. The van der Waals surface area contributed by atoms with Gasteiger partial charge in [-0.05, 0) is 36.1 Å². The molecule has 1 unspecified atom stereocenters. The molecule has 1 N–H and O–H groups in total. The largest absolute Gasteiger partial charge is 0.483 e. The number of para-hydroxylation sites is 2. The fourth-order valence-electron chi connectivity index (χ4n) is 3.55. The first-order valence-electron chi connectivity index (χ1n) is 10.6. The number of hydrogen-bond acceptors (Lipinski definition) is 4. The van der Waals surface area contributed by atoms with Crippen molar-refractivity contribution in [2.24, 2.45) is 0 Å². The van der Waals surface area contributed by atoms with E-state index in [0.29, 0.717) is 38.6 Å². The molecule has 2 amide bonds. The zero-order valence-corrected chi connectivity index (χ0v) is 17.8. The van der Waals surface area contributed by atoms with Crippen molar-refractivity contribution in [3.8, 4) is 5.75 Å². The molecule has 1 atom stereocenters. The maximum Gasteiger partial charge on any atom is 0.260 e. The predicted octanol–water partition coefficient (Wildman–Crippen LogP) is 3.36. The molecule has 2 aromatic rings. The molecule has 1 aliphatic rings. The van der Waals surface area contributed by atoms with Gasteiger partial charge < -0.3 is 15.0 Å². The van der Waals surface area contributed by atoms with Gasteiger partial charge in [0.25, 0.3) is 5.91 Å². The number of rotatable bonds is 8. The van der Waals surface area contributed by atoms with E-state index >= 15 is 0 Å². The van der Waals surface area contributed by atoms with Gasteiger partial charge in [-0.1, -0.05) is 50.2 Å². The predicted molar refractivity (Wildman–Crippen MR) is 119 cm³/mol. The molecule has 1 aliphatic heterocycles. The summed E-state index contributed by atoms with van der Waals surface area (Å²) < 4.78 is 5.86. The molecule has 1 heterocycles. The van der Waals surface area contributed by atoms with E-state index < -0.39 is 0 Å². The van der Waals surface area contributed by atoms with Crippen LogP contribution in [-0.4, -0.2) is 60.9 Å². The van der Waals surface area contributed by atoms with Crippen LogP contribution in [-0.2, 0) is 9.59 Å². The van der Waals surface area contributed by atoms with Gasteiger partial charge in [-0.25, -0.2) is 0 Å². The number of carbonyl (C=O) groups excluding carboxylic acids is 2. The summed E-state index contributed by atoms with van der Waals surface area (Å²) in [5, 5.41) is 2.90. The molecule has 0 spiro atoms. The van der Waals surface area contributed by atoms with Crippen molar-refractivity contribution >= 4 is 17.5 Å². The van der Waals surface area contributed by atoms with Crippen LogP contribution in [0.5, 0.6) is 5.75 Å². The minimum absolute atomic E-state index is 0.0117. The normalized spacial score (nSPS) is 15.5. The molecule has 0 aliphatic carbocycles. The van der Waals surface area contributed by atoms with E-state index in [2.05, 4.69) is 30.1 Å². The maximum atomic E-state index is 12.6. The lowest BCUT2D eigenvalue weighted by Gasteiger charge is -2.34. The van der Waals surface area contributed by atoms with Crippen molar-refractivity contribution in [2.75, 3.05) is 44.6 Å². The van der Waals surface area contributed by atoms with Crippen molar-refractivity contribution in [1.29, 1.82) is 0 Å². The smallest absolute Gasteiger partial charge is 0.260 e. The standard InChI is InChI=1S/C24H31N3O3/c1-3-19(2)21-11-7-8-12-22(21)30-18-24(29)27-15-13-26(14-16-27)17-23(28)25-20-9-5-4-6-10-20/h4-12,19H,3,13-18H2,1-2H3,(H,25,28). The van der Waals surface area contributed by atoms with E-state index in [9.17, 15) is 9.59 Å². The highest BCUT2D eigenvalue weighted by atomic mass is 16.5. The molecule has 1 saturated heterocycles. The Morgan fingerprint density at radius 3 is 2.37 bits per heavy atom. The van der Waals surface area contributed by atoms with E-state index in [4.69, 9.17) is 4.74 Å². The summed E-state index contributed by atoms with van der Waals surface area (Å²) >= 11 is 0. The number of carbonyl (C=O) groups is 2. The van der Waals surface area contributed by atoms with Crippen molar-refractivity contribution < 1.29 is 14.3 Å². The summed E-state index contributed by atoms with van der Waals surface area (Å²) in [6, 6.07) is 17.4. The Morgan fingerprint density at radius 1 is 1.00 bits per heavy atom. The third kappa shape index (κ3) is 6.07. The highest BCUT2D eigenvalue weighted by Gasteiger charge is 2.23. The summed E-state index contributed by atoms with van der Waals surface area (Å²) in [7, 11) is 0. The molecule has 2 aromatic carbocycles. The Labute approximate surface area is 178 Å². The first-order chi connectivity index (χ1) is 14.6. The molecule has 30 heavy (non-hydrogen) atoms. The fourth-order valence-corrected chi connectivity index (χ4v) is 3.55. The minimum Gasteiger partial charge on any atom is -0.483 e. The van der Waals surface area contributed by atoms with Gasteiger partial charge in [0.05, 0.1) is 6.54 Å². The molecular weight excluding hydrogens is 378 g/mol. The number of benzene rings is 2. The van der Waals surface area contributed by atoms with Gasteiger partial charge >= 0.3 is 0 Å². The summed E-state index contributed by atoms with van der Waals surface area (Å²) in [6.45, 7) is 7.25. The van der Waals surface area contributed by atoms with Crippen LogP contribution in [0.2, 0.25) is 0 Å². The van der Waals surface area contributed by atoms with E-state index in [1.165, 1.54) is 0 Å². The quantitative estimate of drug-likeness (QED) is 0.726. The molecule has 0 aromatic heterocycles. The van der Waals surface area contributed by atoms with E-state index in [0.717, 1.165) is 23.4 Å². The van der Waals surface area contributed by atoms with Crippen molar-refractivity contribution in [3.63, 3.8) is 0 Å². The Kier molecular flexibility index (Phi) is 7.85. The average molecular weight is 410 g/mol. The summed E-state index contributed by atoms with van der Waals surface area (Å²) in [5.74, 6) is 1.13. The second kappa shape index (κ2) is 10.8. The van der Waals surface area contributed by atoms with Crippen LogP contribution >= 0.6 is 0 Å². The third-order valence-electron chi connectivity index (χ3n) is 5.56. The third-order valence-corrected chi connectivity index (χ3v) is 5.56. The molecule has 6 heteroatoms. The van der Waals surface area contributed by atoms with Crippen molar-refractivity contribution in [3.05, 3.63) is 60.2 Å². The number of amides is 2. The molecule has 6 nitrogen and oxygen atoms in total. The Balaban J connectivity index is 1.43. The lowest BCUT2D eigenvalue weighted by molar-refractivity contribution is -0.135. The van der Waals surface area contributed by atoms with Gasteiger partial charge in [-0.15, -0.1) is 0 Å². The highest BCUT2D eigenvalue weighted by Crippen LogP contribution is 2.28. The Hall–Kier alpha value is -2.86. The van der Waals surface area contributed by atoms with Gasteiger partial charge in [0.15, 0.2) is 6.61 Å². The van der Waals surface area contributed by atoms with Crippen LogP contribution in [0.1, 0.15) is 31.7 Å². The van der Waals surface area contributed by atoms with Crippen molar-refractivity contribution in [2.45, 2.75) is 26.2 Å². The molecule has 3 rings (SSSR count). The number of nitrogens with zero attached hydrogens (tertiary/aromatic N) is 2. The number of anilines is 1. The second-order valence-electron chi connectivity index (χ2n) is 7.71. The molecule has 160 valence electrons. The summed E-state index contributed by atoms with van der Waals surface area (Å²) in [4.78, 5) is 28.7. The van der Waals surface area contributed by atoms with Crippen molar-refractivity contribution in [1.82, 2.24) is 9.80 Å². The zero-order chi connectivity index (χ0) is 21.3. The fraction of sp³-hybridized carbons (Fsp3) is 0.417. The SMILES string of the molecule is CCC(C)c1ccccc1OCC(=O)N1CCN(CC(=O)Nc2ccccc2)CC1. The lowest BCUT2D eigenvalue weighted by Crippen LogP contribution is -2.51. The van der Waals surface area contributed by atoms with Gasteiger partial charge in [0.2, 0.25) is 5.91 Å². The van der Waals surface area contributed by atoms with E-state index in [-0.39, 0.29) is 18.4 Å². The van der Waals surface area contributed by atoms with Crippen LogP contribution in [0.15, 0.2) is 54.6 Å². The monoisotopic (exact) mass is 409 g/mol. The van der Waals surface area contributed by atoms with Crippen LogP contribution in [0.3, 0.4) is 0 Å². The molecule has 1 fully saturated rings. The van der Waals surface area contributed by atoms with Gasteiger partial charge in [-0.3, -0.25) is 14.5 Å². The number of piperazine rings is 1. The van der Waals surface area contributed by atoms with Gasteiger partial charge in [0, 0.05) is 31.9 Å². The maximum absolute atomic E-state index is 12.6. The number of nitrogens with one attached hydrogen (secondary N) is 1. The van der Waals surface area contributed by atoms with E-state index in [1.807, 2.05) is 53.4 Å². The van der Waals surface area contributed by atoms with Crippen LogP contribution in [0, 0.1) is 0 Å². The number of ether oxygens (including phenoxy) is 1. The summed E-state index contributed by atoms with van der Waals surface area (Å²) in [6.07, 6.45) is 1.02. The first-order valence-corrected chi connectivity index (χ1v) is 10.6. The van der Waals surface area contributed by atoms with Gasteiger partial charge in [0.1, 0.15) is 5.75 Å². The molecule has 0 radical (unpaired) electrons. The molecule has 0 saturated carbocycles. The topological polar surface area (TPSA) is 61.9 Å². The minimum atomic E-state index is -0.0361. The first kappa shape index (κ1) is 21.8. The van der Waals surface area contributed by atoms with Crippen LogP contribution < -0.4 is 10.1 Å². The molecule has 0 bridgehead atoms. The van der Waals surface area contributed by atoms with Crippen LogP contribution in [0.25, 0.3) is 0 Å². The van der Waals surface area contributed by atoms with E-state index in [1.54, 1.807) is 0 Å². The van der Waals surface area contributed by atoms with Crippen LogP contribution in [0.4, 0.5) is 5.69 Å². The Bertz CT molecular complexity index is 833. The molecular formula is C24H31N3O3. The summed E-state index contributed by atoms with van der Waals surface area (Å²) in [5.41, 5.74) is 1.94. The second-order valence-corrected chi connectivity index (χ2v) is 7.71. The Morgan fingerprint density at radius 2 is 1.67 bits per heavy atom.